The highest BCUT2D eigenvalue weighted by molar-refractivity contribution is 6.33. The van der Waals surface area contributed by atoms with Gasteiger partial charge in [-0.25, -0.2) is 0 Å². The van der Waals surface area contributed by atoms with E-state index in [0.717, 1.165) is 17.2 Å². The molecule has 0 aliphatic carbocycles. The second-order valence-corrected chi connectivity index (χ2v) is 6.98. The monoisotopic (exact) mass is 408 g/mol. The number of hydrogen-bond donors (Lipinski definition) is 1. The molecule has 3 aromatic rings. The van der Waals surface area contributed by atoms with Gasteiger partial charge in [-0.05, 0) is 43.7 Å². The van der Waals surface area contributed by atoms with Crippen LogP contribution in [0.15, 0.2) is 60.7 Å². The zero-order chi connectivity index (χ0) is 21.1. The molecule has 146 valence electrons. The normalized spacial score (nSPS) is 10.4. The van der Waals surface area contributed by atoms with Crippen molar-refractivity contribution in [2.75, 3.05) is 5.32 Å². The molecule has 0 aromatic heterocycles. The quantitative estimate of drug-likeness (QED) is 0.350. The minimum Gasteiger partial charge on any atom is -0.322 e. The first-order valence-electron chi connectivity index (χ1n) is 8.74. The first-order chi connectivity index (χ1) is 13.8. The summed E-state index contributed by atoms with van der Waals surface area (Å²) in [6.45, 7) is 3.84. The number of nitrogens with one attached hydrogen (secondary N) is 1. The van der Waals surface area contributed by atoms with E-state index in [0.29, 0.717) is 5.69 Å². The summed E-state index contributed by atoms with van der Waals surface area (Å²) in [5.74, 6) is -0.944. The van der Waals surface area contributed by atoms with Crippen molar-refractivity contribution in [3.63, 3.8) is 0 Å². The highest BCUT2D eigenvalue weighted by Crippen LogP contribution is 2.27. The minimum atomic E-state index is -0.655. The SMILES string of the molecule is Cc1ccc(NC(=O)c2ccccc2C(=O)c2ccc(Cl)c([N+](=O)[O-])c2)c(C)c1. The molecule has 7 heteroatoms. The summed E-state index contributed by atoms with van der Waals surface area (Å²) < 4.78 is 0. The van der Waals surface area contributed by atoms with E-state index in [9.17, 15) is 19.7 Å². The molecule has 0 atom stereocenters. The van der Waals surface area contributed by atoms with Crippen molar-refractivity contribution in [3.05, 3.63) is 104 Å². The van der Waals surface area contributed by atoms with Gasteiger partial charge in [-0.2, -0.15) is 0 Å². The zero-order valence-corrected chi connectivity index (χ0v) is 16.5. The molecule has 0 aliphatic rings. The fourth-order valence-electron chi connectivity index (χ4n) is 2.97. The van der Waals surface area contributed by atoms with E-state index in [-0.39, 0.29) is 27.4 Å². The van der Waals surface area contributed by atoms with Crippen molar-refractivity contribution in [1.82, 2.24) is 0 Å². The Bertz CT molecular complexity index is 1140. The van der Waals surface area contributed by atoms with E-state index in [1.54, 1.807) is 18.2 Å². The lowest BCUT2D eigenvalue weighted by molar-refractivity contribution is -0.384. The van der Waals surface area contributed by atoms with Crippen molar-refractivity contribution >= 4 is 34.7 Å². The second kappa shape index (κ2) is 8.24. The first-order valence-corrected chi connectivity index (χ1v) is 9.12. The number of anilines is 1. The fraction of sp³-hybridized carbons (Fsp3) is 0.0909. The van der Waals surface area contributed by atoms with Crippen LogP contribution >= 0.6 is 11.6 Å². The van der Waals surface area contributed by atoms with Crippen LogP contribution < -0.4 is 5.32 Å². The van der Waals surface area contributed by atoms with E-state index in [1.165, 1.54) is 24.3 Å². The Kier molecular flexibility index (Phi) is 5.75. The lowest BCUT2D eigenvalue weighted by Gasteiger charge is -2.12. The smallest absolute Gasteiger partial charge is 0.288 e. The molecule has 0 radical (unpaired) electrons. The number of nitrogens with zero attached hydrogens (tertiary/aromatic N) is 1. The van der Waals surface area contributed by atoms with Gasteiger partial charge >= 0.3 is 0 Å². The molecule has 3 aromatic carbocycles. The second-order valence-electron chi connectivity index (χ2n) is 6.57. The van der Waals surface area contributed by atoms with E-state index < -0.39 is 16.6 Å². The molecule has 0 aliphatic heterocycles. The third-order valence-corrected chi connectivity index (χ3v) is 4.77. The van der Waals surface area contributed by atoms with Crippen LogP contribution in [0.5, 0.6) is 0 Å². The Morgan fingerprint density at radius 1 is 0.966 bits per heavy atom. The van der Waals surface area contributed by atoms with Crippen LogP contribution in [0.1, 0.15) is 37.4 Å². The molecule has 1 N–H and O–H groups in total. The van der Waals surface area contributed by atoms with Gasteiger partial charge < -0.3 is 5.32 Å². The molecule has 1 amide bonds. The van der Waals surface area contributed by atoms with E-state index in [1.807, 2.05) is 26.0 Å². The molecule has 0 saturated carbocycles. The Balaban J connectivity index is 1.96. The number of aryl methyl sites for hydroxylation is 2. The molecule has 0 spiro atoms. The number of halogens is 1. The third-order valence-electron chi connectivity index (χ3n) is 4.45. The number of carbonyl (C=O) groups excluding carboxylic acids is 2. The molecule has 0 bridgehead atoms. The number of benzene rings is 3. The van der Waals surface area contributed by atoms with Crippen LogP contribution in [0, 0.1) is 24.0 Å². The molecular formula is C22H17ClN2O4. The number of amides is 1. The van der Waals surface area contributed by atoms with E-state index >= 15 is 0 Å². The summed E-state index contributed by atoms with van der Waals surface area (Å²) >= 11 is 5.82. The Morgan fingerprint density at radius 3 is 2.31 bits per heavy atom. The van der Waals surface area contributed by atoms with Gasteiger partial charge in [-0.15, -0.1) is 0 Å². The van der Waals surface area contributed by atoms with Crippen molar-refractivity contribution in [1.29, 1.82) is 0 Å². The summed E-state index contributed by atoms with van der Waals surface area (Å²) in [4.78, 5) is 36.3. The number of nitro groups is 1. The number of carbonyl (C=O) groups is 2. The molecule has 6 nitrogen and oxygen atoms in total. The van der Waals surface area contributed by atoms with Crippen molar-refractivity contribution in [2.24, 2.45) is 0 Å². The van der Waals surface area contributed by atoms with Gasteiger partial charge in [0.1, 0.15) is 5.02 Å². The zero-order valence-electron chi connectivity index (χ0n) is 15.7. The van der Waals surface area contributed by atoms with Crippen LogP contribution in [-0.2, 0) is 0 Å². The van der Waals surface area contributed by atoms with Gasteiger partial charge in [0.2, 0.25) is 0 Å². The molecule has 0 heterocycles. The Morgan fingerprint density at radius 2 is 1.66 bits per heavy atom. The lowest BCUT2D eigenvalue weighted by Crippen LogP contribution is -2.17. The van der Waals surface area contributed by atoms with Crippen molar-refractivity contribution < 1.29 is 14.5 Å². The van der Waals surface area contributed by atoms with E-state index in [2.05, 4.69) is 5.32 Å². The molecule has 0 unspecified atom stereocenters. The van der Waals surface area contributed by atoms with Crippen LogP contribution in [0.25, 0.3) is 0 Å². The van der Waals surface area contributed by atoms with Gasteiger partial charge in [-0.1, -0.05) is 47.5 Å². The molecule has 0 fully saturated rings. The summed E-state index contributed by atoms with van der Waals surface area (Å²) in [7, 11) is 0. The molecule has 0 saturated heterocycles. The average Bonchev–Trinajstić information content (AvgIpc) is 2.69. The first kappa shape index (κ1) is 20.2. The van der Waals surface area contributed by atoms with Gasteiger partial charge in [0.05, 0.1) is 10.5 Å². The van der Waals surface area contributed by atoms with E-state index in [4.69, 9.17) is 11.6 Å². The Labute approximate surface area is 172 Å². The lowest BCUT2D eigenvalue weighted by atomic mass is 9.97. The van der Waals surface area contributed by atoms with Crippen LogP contribution in [0.2, 0.25) is 5.02 Å². The van der Waals surface area contributed by atoms with Crippen molar-refractivity contribution in [3.8, 4) is 0 Å². The maximum absolute atomic E-state index is 13.0. The highest BCUT2D eigenvalue weighted by atomic mass is 35.5. The predicted octanol–water partition coefficient (Wildman–Crippen LogP) is 5.35. The standard InChI is InChI=1S/C22H17ClN2O4/c1-13-7-10-19(14(2)11-13)24-22(27)17-6-4-3-5-16(17)21(26)15-8-9-18(23)20(12-15)25(28)29/h3-12H,1-2H3,(H,24,27). The largest absolute Gasteiger partial charge is 0.322 e. The summed E-state index contributed by atoms with van der Waals surface area (Å²) in [5, 5.41) is 13.9. The topological polar surface area (TPSA) is 89.3 Å². The Hall–Kier alpha value is -3.51. The van der Waals surface area contributed by atoms with Crippen molar-refractivity contribution in [2.45, 2.75) is 13.8 Å². The van der Waals surface area contributed by atoms with Gasteiger partial charge in [0.15, 0.2) is 5.78 Å². The summed E-state index contributed by atoms with van der Waals surface area (Å²) in [5.41, 5.74) is 2.64. The number of ketones is 1. The van der Waals surface area contributed by atoms with Crippen LogP contribution in [-0.4, -0.2) is 16.6 Å². The van der Waals surface area contributed by atoms with Crippen LogP contribution in [0.4, 0.5) is 11.4 Å². The van der Waals surface area contributed by atoms with Crippen LogP contribution in [0.3, 0.4) is 0 Å². The van der Waals surface area contributed by atoms with Gasteiger partial charge in [-0.3, -0.25) is 19.7 Å². The molecule has 3 rings (SSSR count). The molecular weight excluding hydrogens is 392 g/mol. The van der Waals surface area contributed by atoms with Gasteiger partial charge in [0.25, 0.3) is 11.6 Å². The number of nitro benzene ring substituents is 1. The summed E-state index contributed by atoms with van der Waals surface area (Å²) in [6.07, 6.45) is 0. The average molecular weight is 409 g/mol. The molecule has 29 heavy (non-hydrogen) atoms. The number of hydrogen-bond acceptors (Lipinski definition) is 4. The van der Waals surface area contributed by atoms with Gasteiger partial charge in [0, 0.05) is 22.9 Å². The fourth-order valence-corrected chi connectivity index (χ4v) is 3.16. The maximum Gasteiger partial charge on any atom is 0.288 e. The number of rotatable bonds is 5. The third kappa shape index (κ3) is 4.33. The predicted molar refractivity (Wildman–Crippen MR) is 112 cm³/mol. The summed E-state index contributed by atoms with van der Waals surface area (Å²) in [6, 6.07) is 15.8. The highest BCUT2D eigenvalue weighted by Gasteiger charge is 2.21. The minimum absolute atomic E-state index is 0.0626. The maximum atomic E-state index is 13.0.